The minimum Gasteiger partial charge on any atom is -0.496 e. The van der Waals surface area contributed by atoms with E-state index in [2.05, 4.69) is 39.0 Å². The fraction of sp³-hybridized carbons (Fsp3) is 0.286. The van der Waals surface area contributed by atoms with Gasteiger partial charge >= 0.3 is 5.97 Å². The Morgan fingerprint density at radius 1 is 0.750 bits per heavy atom. The van der Waals surface area contributed by atoms with Crippen molar-refractivity contribution < 1.29 is 19.1 Å². The highest BCUT2D eigenvalue weighted by Gasteiger charge is 2.25. The number of ketones is 1. The minimum absolute atomic E-state index is 0.167. The van der Waals surface area contributed by atoms with Crippen molar-refractivity contribution in [1.29, 1.82) is 0 Å². The van der Waals surface area contributed by atoms with Crippen LogP contribution in [0, 0.1) is 13.8 Å². The lowest BCUT2D eigenvalue weighted by molar-refractivity contribution is -0.115. The van der Waals surface area contributed by atoms with Crippen LogP contribution in [0.1, 0.15) is 60.3 Å². The third kappa shape index (κ3) is 6.30. The number of rotatable bonds is 5. The van der Waals surface area contributed by atoms with E-state index in [9.17, 15) is 9.59 Å². The Morgan fingerprint density at radius 2 is 1.22 bits per heavy atom. The van der Waals surface area contributed by atoms with Gasteiger partial charge in [0.1, 0.15) is 17.3 Å². The number of methoxy groups -OCH3 is 1. The third-order valence-electron chi connectivity index (χ3n) is 5.23. The van der Waals surface area contributed by atoms with Crippen LogP contribution in [0.2, 0.25) is 0 Å². The van der Waals surface area contributed by atoms with Gasteiger partial charge in [-0.15, -0.1) is 0 Å². The maximum atomic E-state index is 12.3. The zero-order valence-electron chi connectivity index (χ0n) is 20.0. The van der Waals surface area contributed by atoms with Gasteiger partial charge in [-0.1, -0.05) is 56.3 Å². The van der Waals surface area contributed by atoms with E-state index in [1.165, 1.54) is 19.4 Å². The molecule has 4 heteroatoms. The van der Waals surface area contributed by atoms with E-state index in [1.807, 2.05) is 43.3 Å². The maximum Gasteiger partial charge on any atom is 0.343 e. The highest BCUT2D eigenvalue weighted by Crippen LogP contribution is 2.35. The summed E-state index contributed by atoms with van der Waals surface area (Å²) in [6.07, 6.45) is 0. The molecule has 0 aliphatic rings. The molecule has 0 saturated heterocycles. The molecule has 4 nitrogen and oxygen atoms in total. The molecule has 0 radical (unpaired) electrons. The van der Waals surface area contributed by atoms with Gasteiger partial charge in [0.05, 0.1) is 12.7 Å². The van der Waals surface area contributed by atoms with E-state index in [-0.39, 0.29) is 17.2 Å². The number of aryl methyl sites for hydroxylation is 2. The highest BCUT2D eigenvalue weighted by molar-refractivity contribution is 5.91. The second-order valence-electron chi connectivity index (χ2n) is 8.45. The summed E-state index contributed by atoms with van der Waals surface area (Å²) in [5.41, 5.74) is 4.76. The lowest BCUT2D eigenvalue weighted by Gasteiger charge is -2.27. The Bertz CT molecular complexity index is 1080. The molecule has 0 aromatic heterocycles. The quantitative estimate of drug-likeness (QED) is 0.343. The lowest BCUT2D eigenvalue weighted by atomic mass is 9.77. The Labute approximate surface area is 191 Å². The van der Waals surface area contributed by atoms with Crippen molar-refractivity contribution >= 4 is 11.8 Å². The van der Waals surface area contributed by atoms with Crippen molar-refractivity contribution in [3.63, 3.8) is 0 Å². The van der Waals surface area contributed by atoms with Gasteiger partial charge in [0, 0.05) is 5.41 Å². The standard InChI is InChI=1S/C25H26O3.C3H6O/c1-17-15-20(11-13-22(17)27-5)25(3,4)21-12-14-23(18(2)16-21)28-24(26)19-9-7-6-8-10-19;1-3(2)4/h6-16H,1-5H3;1-2H3. The van der Waals surface area contributed by atoms with Crippen molar-refractivity contribution in [2.45, 2.75) is 47.0 Å². The van der Waals surface area contributed by atoms with E-state index in [4.69, 9.17) is 9.47 Å². The van der Waals surface area contributed by atoms with Crippen molar-refractivity contribution in [3.05, 3.63) is 94.5 Å². The molecule has 0 fully saturated rings. The predicted octanol–water partition coefficient (Wildman–Crippen LogP) is 6.45. The molecule has 0 bridgehead atoms. The number of carbonyl (C=O) groups excluding carboxylic acids is 2. The molecule has 3 rings (SSSR count). The monoisotopic (exact) mass is 432 g/mol. The smallest absolute Gasteiger partial charge is 0.343 e. The molecule has 3 aromatic rings. The van der Waals surface area contributed by atoms with Crippen molar-refractivity contribution in [2.75, 3.05) is 7.11 Å². The van der Waals surface area contributed by atoms with Gasteiger partial charge in [-0.3, -0.25) is 0 Å². The second kappa shape index (κ2) is 10.8. The molecule has 0 amide bonds. The van der Waals surface area contributed by atoms with Gasteiger partial charge in [0.25, 0.3) is 0 Å². The van der Waals surface area contributed by atoms with Crippen LogP contribution in [0.3, 0.4) is 0 Å². The van der Waals surface area contributed by atoms with Crippen LogP contribution in [0.25, 0.3) is 0 Å². The lowest BCUT2D eigenvalue weighted by Crippen LogP contribution is -2.19. The summed E-state index contributed by atoms with van der Waals surface area (Å²) in [5.74, 6) is 1.29. The zero-order chi connectivity index (χ0) is 23.9. The van der Waals surface area contributed by atoms with Crippen molar-refractivity contribution in [2.24, 2.45) is 0 Å². The van der Waals surface area contributed by atoms with Crippen LogP contribution < -0.4 is 9.47 Å². The fourth-order valence-electron chi connectivity index (χ4n) is 3.32. The molecule has 0 aliphatic heterocycles. The van der Waals surface area contributed by atoms with E-state index >= 15 is 0 Å². The molecule has 0 heterocycles. The number of hydrogen-bond acceptors (Lipinski definition) is 4. The first-order valence-electron chi connectivity index (χ1n) is 10.6. The summed E-state index contributed by atoms with van der Waals surface area (Å²) in [5, 5.41) is 0. The van der Waals surface area contributed by atoms with E-state index < -0.39 is 0 Å². The minimum atomic E-state index is -0.346. The number of esters is 1. The molecule has 0 atom stereocenters. The Kier molecular flexibility index (Phi) is 8.36. The topological polar surface area (TPSA) is 52.6 Å². The molecule has 0 spiro atoms. The average molecular weight is 433 g/mol. The third-order valence-corrected chi connectivity index (χ3v) is 5.23. The zero-order valence-corrected chi connectivity index (χ0v) is 20.0. The SMILES string of the molecule is CC(C)=O.COc1ccc(C(C)(C)c2ccc(OC(=O)c3ccccc3)c(C)c2)cc1C. The summed E-state index contributed by atoms with van der Waals surface area (Å²) in [4.78, 5) is 21.8. The molecular weight excluding hydrogens is 400 g/mol. The number of hydrogen-bond donors (Lipinski definition) is 0. The first kappa shape index (κ1) is 24.9. The Morgan fingerprint density at radius 3 is 1.66 bits per heavy atom. The average Bonchev–Trinajstić information content (AvgIpc) is 2.75. The van der Waals surface area contributed by atoms with E-state index in [1.54, 1.807) is 19.2 Å². The highest BCUT2D eigenvalue weighted by atomic mass is 16.5. The van der Waals surface area contributed by atoms with Crippen LogP contribution in [0.15, 0.2) is 66.7 Å². The van der Waals surface area contributed by atoms with Crippen LogP contribution in [-0.4, -0.2) is 18.9 Å². The van der Waals surface area contributed by atoms with E-state index in [0.29, 0.717) is 11.3 Å². The van der Waals surface area contributed by atoms with Crippen molar-refractivity contribution in [3.8, 4) is 11.5 Å². The Balaban J connectivity index is 0.000000837. The second-order valence-corrected chi connectivity index (χ2v) is 8.45. The van der Waals surface area contributed by atoms with Gasteiger partial charge in [-0.25, -0.2) is 4.79 Å². The van der Waals surface area contributed by atoms with Gasteiger partial charge in [0.15, 0.2) is 0 Å². The van der Waals surface area contributed by atoms with Crippen LogP contribution in [-0.2, 0) is 10.2 Å². The molecule has 0 unspecified atom stereocenters. The maximum absolute atomic E-state index is 12.3. The molecular formula is C28H32O4. The molecule has 0 N–H and O–H groups in total. The first-order valence-corrected chi connectivity index (χ1v) is 10.6. The van der Waals surface area contributed by atoms with Crippen LogP contribution in [0.5, 0.6) is 11.5 Å². The molecule has 168 valence electrons. The summed E-state index contributed by atoms with van der Waals surface area (Å²) in [6, 6.07) is 21.3. The van der Waals surface area contributed by atoms with Crippen molar-refractivity contribution in [1.82, 2.24) is 0 Å². The van der Waals surface area contributed by atoms with Gasteiger partial charge < -0.3 is 14.3 Å². The number of ether oxygens (including phenoxy) is 2. The molecule has 0 aliphatic carbocycles. The molecule has 3 aromatic carbocycles. The first-order chi connectivity index (χ1) is 15.1. The summed E-state index contributed by atoms with van der Waals surface area (Å²) in [6.45, 7) is 11.5. The Hall–Kier alpha value is -3.40. The molecule has 0 saturated carbocycles. The van der Waals surface area contributed by atoms with Crippen LogP contribution in [0.4, 0.5) is 0 Å². The largest absolute Gasteiger partial charge is 0.496 e. The van der Waals surface area contributed by atoms with Gasteiger partial charge in [0.2, 0.25) is 0 Å². The summed E-state index contributed by atoms with van der Waals surface area (Å²) >= 11 is 0. The number of carbonyl (C=O) groups is 2. The summed E-state index contributed by atoms with van der Waals surface area (Å²) < 4.78 is 11.0. The van der Waals surface area contributed by atoms with Gasteiger partial charge in [-0.2, -0.15) is 0 Å². The van der Waals surface area contributed by atoms with E-state index in [0.717, 1.165) is 22.4 Å². The fourth-order valence-corrected chi connectivity index (χ4v) is 3.32. The van der Waals surface area contributed by atoms with Gasteiger partial charge in [-0.05, 0) is 74.2 Å². The number of Topliss-reactive ketones (excluding diaryl/α,β-unsaturated/α-hetero) is 1. The number of benzene rings is 3. The van der Waals surface area contributed by atoms with Crippen LogP contribution >= 0.6 is 0 Å². The predicted molar refractivity (Wildman–Crippen MR) is 129 cm³/mol. The normalized spacial score (nSPS) is 10.6. The summed E-state index contributed by atoms with van der Waals surface area (Å²) in [7, 11) is 1.69. The molecule has 32 heavy (non-hydrogen) atoms.